The molecule has 3 N–H and O–H groups in total. The summed E-state index contributed by atoms with van der Waals surface area (Å²) in [6, 6.07) is -0.389. The highest BCUT2D eigenvalue weighted by Gasteiger charge is 2.40. The van der Waals surface area contributed by atoms with E-state index in [1.807, 2.05) is 13.8 Å². The molecular formula is C13H19N3O4. The fourth-order valence-electron chi connectivity index (χ4n) is 2.29. The third kappa shape index (κ3) is 3.28. The van der Waals surface area contributed by atoms with Crippen molar-refractivity contribution in [2.24, 2.45) is 0 Å². The number of hydrogen-bond acceptors (Lipinski definition) is 4. The monoisotopic (exact) mass is 281 g/mol. The molecule has 1 aliphatic rings. The second-order valence-corrected chi connectivity index (χ2v) is 5.26. The molecule has 0 aromatic carbocycles. The standard InChI is InChI=1S/C13H19N3O4/c1-8-9(2)20-10(15-8)7-14-12(19)16-13(4-3-5-13)6-11(17)18/h3-7H2,1-2H3,(H,17,18)(H2,14,16,19). The van der Waals surface area contributed by atoms with E-state index < -0.39 is 11.5 Å². The van der Waals surface area contributed by atoms with Crippen LogP contribution in [0.25, 0.3) is 0 Å². The number of aryl methyl sites for hydroxylation is 2. The molecule has 2 amide bonds. The van der Waals surface area contributed by atoms with Crippen LogP contribution in [-0.2, 0) is 11.3 Å². The molecular weight excluding hydrogens is 262 g/mol. The lowest BCUT2D eigenvalue weighted by molar-refractivity contribution is -0.139. The maximum Gasteiger partial charge on any atom is 0.315 e. The Hall–Kier alpha value is -2.05. The van der Waals surface area contributed by atoms with E-state index in [0.29, 0.717) is 18.7 Å². The third-order valence-corrected chi connectivity index (χ3v) is 3.65. The lowest BCUT2D eigenvalue weighted by atomic mass is 9.74. The van der Waals surface area contributed by atoms with Gasteiger partial charge in [-0.25, -0.2) is 9.78 Å². The van der Waals surface area contributed by atoms with Crippen molar-refractivity contribution in [3.8, 4) is 0 Å². The van der Waals surface area contributed by atoms with Crippen molar-refractivity contribution in [2.45, 2.75) is 51.6 Å². The first-order chi connectivity index (χ1) is 9.40. The molecule has 20 heavy (non-hydrogen) atoms. The second-order valence-electron chi connectivity index (χ2n) is 5.26. The highest BCUT2D eigenvalue weighted by atomic mass is 16.4. The molecule has 1 aliphatic carbocycles. The summed E-state index contributed by atoms with van der Waals surface area (Å²) >= 11 is 0. The van der Waals surface area contributed by atoms with Crippen LogP contribution in [0.3, 0.4) is 0 Å². The van der Waals surface area contributed by atoms with Gasteiger partial charge in [0.1, 0.15) is 5.76 Å². The van der Waals surface area contributed by atoms with Gasteiger partial charge in [0.25, 0.3) is 0 Å². The zero-order valence-corrected chi connectivity index (χ0v) is 11.7. The first kappa shape index (κ1) is 14.4. The molecule has 0 atom stereocenters. The van der Waals surface area contributed by atoms with Gasteiger partial charge in [-0.15, -0.1) is 0 Å². The Kier molecular flexibility index (Phi) is 3.96. The highest BCUT2D eigenvalue weighted by Crippen LogP contribution is 2.34. The lowest BCUT2D eigenvalue weighted by Gasteiger charge is -2.41. The average Bonchev–Trinajstić information content (AvgIpc) is 2.63. The SMILES string of the molecule is Cc1nc(CNC(=O)NC2(CC(=O)O)CCC2)oc1C. The molecule has 0 spiro atoms. The number of rotatable bonds is 5. The summed E-state index contributed by atoms with van der Waals surface area (Å²) in [7, 11) is 0. The van der Waals surface area contributed by atoms with Crippen molar-refractivity contribution in [3.05, 3.63) is 17.3 Å². The fraction of sp³-hybridized carbons (Fsp3) is 0.615. The molecule has 0 bridgehead atoms. The largest absolute Gasteiger partial charge is 0.481 e. The minimum absolute atomic E-state index is 0.0440. The number of carboxylic acids is 1. The van der Waals surface area contributed by atoms with Crippen LogP contribution in [0.15, 0.2) is 4.42 Å². The van der Waals surface area contributed by atoms with E-state index in [4.69, 9.17) is 9.52 Å². The van der Waals surface area contributed by atoms with Crippen LogP contribution in [0.4, 0.5) is 4.79 Å². The fourth-order valence-corrected chi connectivity index (χ4v) is 2.29. The number of amides is 2. The van der Waals surface area contributed by atoms with Crippen LogP contribution in [-0.4, -0.2) is 27.6 Å². The van der Waals surface area contributed by atoms with Crippen molar-refractivity contribution in [3.63, 3.8) is 0 Å². The number of carbonyl (C=O) groups excluding carboxylic acids is 1. The van der Waals surface area contributed by atoms with Gasteiger partial charge in [-0.3, -0.25) is 4.79 Å². The van der Waals surface area contributed by atoms with Crippen LogP contribution in [0.2, 0.25) is 0 Å². The van der Waals surface area contributed by atoms with E-state index in [0.717, 1.165) is 17.9 Å². The number of oxazole rings is 1. The molecule has 2 rings (SSSR count). The van der Waals surface area contributed by atoms with Gasteiger partial charge in [0.2, 0.25) is 5.89 Å². The molecule has 0 unspecified atom stereocenters. The summed E-state index contributed by atoms with van der Waals surface area (Å²) in [5.41, 5.74) is 0.196. The smallest absolute Gasteiger partial charge is 0.315 e. The van der Waals surface area contributed by atoms with Crippen LogP contribution in [0.1, 0.15) is 43.0 Å². The van der Waals surface area contributed by atoms with E-state index in [1.54, 1.807) is 0 Å². The Bertz CT molecular complexity index is 500. The van der Waals surface area contributed by atoms with Gasteiger partial charge in [0.15, 0.2) is 0 Å². The van der Waals surface area contributed by atoms with Crippen LogP contribution < -0.4 is 10.6 Å². The van der Waals surface area contributed by atoms with Gasteiger partial charge < -0.3 is 20.2 Å². The molecule has 1 saturated carbocycles. The molecule has 1 heterocycles. The van der Waals surface area contributed by atoms with Gasteiger partial charge in [0, 0.05) is 0 Å². The molecule has 0 aliphatic heterocycles. The quantitative estimate of drug-likeness (QED) is 0.758. The van der Waals surface area contributed by atoms with Crippen molar-refractivity contribution < 1.29 is 19.1 Å². The van der Waals surface area contributed by atoms with Gasteiger partial charge >= 0.3 is 12.0 Å². The van der Waals surface area contributed by atoms with E-state index in [2.05, 4.69) is 15.6 Å². The minimum atomic E-state index is -0.899. The first-order valence-corrected chi connectivity index (χ1v) is 6.61. The van der Waals surface area contributed by atoms with Gasteiger partial charge in [-0.1, -0.05) is 0 Å². The predicted molar refractivity (Wildman–Crippen MR) is 70.2 cm³/mol. The van der Waals surface area contributed by atoms with E-state index in [9.17, 15) is 9.59 Å². The molecule has 7 heteroatoms. The second kappa shape index (κ2) is 5.52. The number of hydrogen-bond donors (Lipinski definition) is 3. The molecule has 1 aromatic heterocycles. The maximum atomic E-state index is 11.8. The van der Waals surface area contributed by atoms with Crippen molar-refractivity contribution in [2.75, 3.05) is 0 Å². The van der Waals surface area contributed by atoms with E-state index in [-0.39, 0.29) is 19.0 Å². The summed E-state index contributed by atoms with van der Waals surface area (Å²) in [4.78, 5) is 26.8. The van der Waals surface area contributed by atoms with Crippen molar-refractivity contribution in [1.82, 2.24) is 15.6 Å². The summed E-state index contributed by atoms with van der Waals surface area (Å²) in [6.07, 6.45) is 2.29. The van der Waals surface area contributed by atoms with Crippen LogP contribution in [0.5, 0.6) is 0 Å². The molecule has 110 valence electrons. The highest BCUT2D eigenvalue weighted by molar-refractivity contribution is 5.77. The van der Waals surface area contributed by atoms with Crippen molar-refractivity contribution in [1.29, 1.82) is 0 Å². The molecule has 1 fully saturated rings. The molecule has 7 nitrogen and oxygen atoms in total. The zero-order chi connectivity index (χ0) is 14.8. The Balaban J connectivity index is 1.84. The summed E-state index contributed by atoms with van der Waals surface area (Å²) in [5, 5.41) is 14.3. The number of nitrogens with one attached hydrogen (secondary N) is 2. The lowest BCUT2D eigenvalue weighted by Crippen LogP contribution is -2.57. The van der Waals surface area contributed by atoms with Gasteiger partial charge in [-0.05, 0) is 33.1 Å². The maximum absolute atomic E-state index is 11.8. The molecule has 1 aromatic rings. The van der Waals surface area contributed by atoms with Crippen molar-refractivity contribution >= 4 is 12.0 Å². The Morgan fingerprint density at radius 1 is 1.40 bits per heavy atom. The third-order valence-electron chi connectivity index (χ3n) is 3.65. The minimum Gasteiger partial charge on any atom is -0.481 e. The van der Waals surface area contributed by atoms with Crippen LogP contribution >= 0.6 is 0 Å². The first-order valence-electron chi connectivity index (χ1n) is 6.61. The number of aromatic nitrogens is 1. The number of urea groups is 1. The van der Waals surface area contributed by atoms with Crippen LogP contribution in [0, 0.1) is 13.8 Å². The zero-order valence-electron chi connectivity index (χ0n) is 11.7. The summed E-state index contributed by atoms with van der Waals surface area (Å²) < 4.78 is 5.35. The average molecular weight is 281 g/mol. The summed E-state index contributed by atoms with van der Waals surface area (Å²) in [5.74, 6) is 0.267. The topological polar surface area (TPSA) is 104 Å². The molecule has 0 saturated heterocycles. The number of aliphatic carboxylic acids is 1. The summed E-state index contributed by atoms with van der Waals surface area (Å²) in [6.45, 7) is 3.82. The Morgan fingerprint density at radius 2 is 2.10 bits per heavy atom. The Morgan fingerprint density at radius 3 is 2.55 bits per heavy atom. The predicted octanol–water partition coefficient (Wildman–Crippen LogP) is 1.49. The van der Waals surface area contributed by atoms with Gasteiger partial charge in [0.05, 0.1) is 24.2 Å². The Labute approximate surface area is 116 Å². The van der Waals surface area contributed by atoms with E-state index in [1.165, 1.54) is 0 Å². The van der Waals surface area contributed by atoms with E-state index >= 15 is 0 Å². The normalized spacial score (nSPS) is 16.3. The number of carboxylic acid groups (broad SMARTS) is 1. The number of carbonyl (C=O) groups is 2. The molecule has 0 radical (unpaired) electrons. The van der Waals surface area contributed by atoms with Gasteiger partial charge in [-0.2, -0.15) is 0 Å². The number of nitrogens with zero attached hydrogens (tertiary/aromatic N) is 1.